The largest absolute Gasteiger partial charge is 0.507 e. The predicted molar refractivity (Wildman–Crippen MR) is 72.8 cm³/mol. The summed E-state index contributed by atoms with van der Waals surface area (Å²) in [6.07, 6.45) is 0. The monoisotopic (exact) mass is 250 g/mol. The third-order valence-electron chi connectivity index (χ3n) is 3.18. The van der Waals surface area contributed by atoms with Crippen LogP contribution < -0.4 is 0 Å². The summed E-state index contributed by atoms with van der Waals surface area (Å²) >= 11 is 0. The molecule has 0 saturated heterocycles. The molecule has 0 atom stereocenters. The van der Waals surface area contributed by atoms with E-state index in [0.717, 1.165) is 16.6 Å². The van der Waals surface area contributed by atoms with E-state index in [-0.39, 0.29) is 5.75 Å². The lowest BCUT2D eigenvalue weighted by atomic mass is 10.2. The molecule has 0 aliphatic carbocycles. The van der Waals surface area contributed by atoms with Crippen molar-refractivity contribution < 1.29 is 5.11 Å². The fourth-order valence-electron chi connectivity index (χ4n) is 2.29. The summed E-state index contributed by atoms with van der Waals surface area (Å²) in [4.78, 5) is 7.71. The number of aromatic amines is 2. The van der Waals surface area contributed by atoms with E-state index in [0.29, 0.717) is 16.9 Å². The zero-order chi connectivity index (χ0) is 12.8. The summed E-state index contributed by atoms with van der Waals surface area (Å²) < 4.78 is 0. The molecule has 19 heavy (non-hydrogen) atoms. The Morgan fingerprint density at radius 1 is 0.947 bits per heavy atom. The van der Waals surface area contributed by atoms with Crippen LogP contribution in [0.2, 0.25) is 0 Å². The number of nitrogens with zero attached hydrogens (tertiary/aromatic N) is 2. The van der Waals surface area contributed by atoms with E-state index >= 15 is 0 Å². The number of rotatable bonds is 1. The van der Waals surface area contributed by atoms with E-state index in [1.54, 1.807) is 12.1 Å². The van der Waals surface area contributed by atoms with E-state index in [4.69, 9.17) is 0 Å². The van der Waals surface area contributed by atoms with Gasteiger partial charge in [-0.3, -0.25) is 5.10 Å². The SMILES string of the molecule is Oc1cccc2[nH]nc(-c3nc4ccccc4[nH]3)c12. The predicted octanol–water partition coefficient (Wildman–Crippen LogP) is 2.81. The lowest BCUT2D eigenvalue weighted by molar-refractivity contribution is 0.482. The summed E-state index contributed by atoms with van der Waals surface area (Å²) in [6, 6.07) is 13.1. The van der Waals surface area contributed by atoms with Gasteiger partial charge in [-0.15, -0.1) is 0 Å². The first kappa shape index (κ1) is 10.1. The molecule has 3 N–H and O–H groups in total. The van der Waals surface area contributed by atoms with Gasteiger partial charge in [0.15, 0.2) is 5.82 Å². The van der Waals surface area contributed by atoms with Crippen molar-refractivity contribution in [3.8, 4) is 17.3 Å². The Balaban J connectivity index is 2.04. The average molecular weight is 250 g/mol. The molecule has 0 spiro atoms. The molecule has 0 aliphatic rings. The van der Waals surface area contributed by atoms with Crippen molar-refractivity contribution in [2.45, 2.75) is 0 Å². The molecule has 0 bridgehead atoms. The number of aromatic nitrogens is 4. The fourth-order valence-corrected chi connectivity index (χ4v) is 2.29. The molecule has 92 valence electrons. The zero-order valence-corrected chi connectivity index (χ0v) is 9.88. The van der Waals surface area contributed by atoms with Crippen LogP contribution in [0.4, 0.5) is 0 Å². The van der Waals surface area contributed by atoms with Gasteiger partial charge in [0.25, 0.3) is 0 Å². The van der Waals surface area contributed by atoms with Crippen LogP contribution >= 0.6 is 0 Å². The molecule has 4 aromatic rings. The number of hydrogen-bond acceptors (Lipinski definition) is 3. The molecule has 5 heteroatoms. The van der Waals surface area contributed by atoms with E-state index in [9.17, 15) is 5.11 Å². The van der Waals surface area contributed by atoms with Crippen LogP contribution in [0.1, 0.15) is 0 Å². The maximum Gasteiger partial charge on any atom is 0.159 e. The van der Waals surface area contributed by atoms with E-state index < -0.39 is 0 Å². The van der Waals surface area contributed by atoms with Crippen LogP contribution in [-0.4, -0.2) is 25.3 Å². The molecular formula is C14H10N4O. The number of aromatic hydroxyl groups is 1. The second-order valence-electron chi connectivity index (χ2n) is 4.37. The lowest BCUT2D eigenvalue weighted by Crippen LogP contribution is -1.81. The van der Waals surface area contributed by atoms with Crippen LogP contribution in [0.5, 0.6) is 5.75 Å². The van der Waals surface area contributed by atoms with Crippen molar-refractivity contribution in [2.75, 3.05) is 0 Å². The van der Waals surface area contributed by atoms with Gasteiger partial charge >= 0.3 is 0 Å². The summed E-state index contributed by atoms with van der Waals surface area (Å²) in [5, 5.41) is 17.8. The van der Waals surface area contributed by atoms with Crippen molar-refractivity contribution >= 4 is 21.9 Å². The highest BCUT2D eigenvalue weighted by molar-refractivity contribution is 5.97. The van der Waals surface area contributed by atoms with Crippen LogP contribution in [0.25, 0.3) is 33.5 Å². The molecule has 2 aromatic carbocycles. The van der Waals surface area contributed by atoms with Crippen LogP contribution in [0.3, 0.4) is 0 Å². The standard InChI is InChI=1S/C14H10N4O/c19-11-7-3-6-10-12(11)13(18-17-10)14-15-8-4-1-2-5-9(8)16-14/h1-7,19H,(H,15,16)(H,17,18). The van der Waals surface area contributed by atoms with Gasteiger partial charge in [-0.05, 0) is 24.3 Å². The second kappa shape index (κ2) is 3.58. The zero-order valence-electron chi connectivity index (χ0n) is 9.88. The quantitative estimate of drug-likeness (QED) is 0.486. The number of phenols is 1. The van der Waals surface area contributed by atoms with Crippen LogP contribution in [0, 0.1) is 0 Å². The third-order valence-corrected chi connectivity index (χ3v) is 3.18. The molecule has 2 heterocycles. The minimum atomic E-state index is 0.196. The smallest absolute Gasteiger partial charge is 0.159 e. The molecule has 0 amide bonds. The second-order valence-corrected chi connectivity index (χ2v) is 4.37. The van der Waals surface area contributed by atoms with Crippen molar-refractivity contribution in [3.63, 3.8) is 0 Å². The molecule has 4 rings (SSSR count). The van der Waals surface area contributed by atoms with Crippen molar-refractivity contribution in [2.24, 2.45) is 0 Å². The van der Waals surface area contributed by atoms with Gasteiger partial charge in [0.1, 0.15) is 11.4 Å². The molecule has 2 aromatic heterocycles. The Bertz CT molecular complexity index is 858. The maximum absolute atomic E-state index is 9.98. The number of phenolic OH excluding ortho intramolecular Hbond substituents is 1. The summed E-state index contributed by atoms with van der Waals surface area (Å²) in [6.45, 7) is 0. The first-order valence-electron chi connectivity index (χ1n) is 5.94. The number of benzene rings is 2. The van der Waals surface area contributed by atoms with Gasteiger partial charge in [0, 0.05) is 0 Å². The van der Waals surface area contributed by atoms with Gasteiger partial charge in [-0.25, -0.2) is 4.98 Å². The number of hydrogen-bond donors (Lipinski definition) is 3. The maximum atomic E-state index is 9.98. The molecule has 0 radical (unpaired) electrons. The minimum Gasteiger partial charge on any atom is -0.507 e. The Morgan fingerprint density at radius 3 is 2.68 bits per heavy atom. The van der Waals surface area contributed by atoms with E-state index in [1.807, 2.05) is 30.3 Å². The number of imidazole rings is 1. The van der Waals surface area contributed by atoms with Crippen molar-refractivity contribution in [1.29, 1.82) is 0 Å². The molecule has 0 unspecified atom stereocenters. The molecule has 0 fully saturated rings. The van der Waals surface area contributed by atoms with Gasteiger partial charge < -0.3 is 10.1 Å². The summed E-state index contributed by atoms with van der Waals surface area (Å²) in [7, 11) is 0. The fraction of sp³-hybridized carbons (Fsp3) is 0. The highest BCUT2D eigenvalue weighted by Gasteiger charge is 2.14. The van der Waals surface area contributed by atoms with Gasteiger partial charge in [0.05, 0.1) is 21.9 Å². The van der Waals surface area contributed by atoms with Crippen molar-refractivity contribution in [1.82, 2.24) is 20.2 Å². The number of H-pyrrole nitrogens is 2. The Hall–Kier alpha value is -2.82. The van der Waals surface area contributed by atoms with Gasteiger partial charge in [0.2, 0.25) is 0 Å². The van der Waals surface area contributed by atoms with Crippen molar-refractivity contribution in [3.05, 3.63) is 42.5 Å². The van der Waals surface area contributed by atoms with E-state index in [2.05, 4.69) is 20.2 Å². The van der Waals surface area contributed by atoms with E-state index in [1.165, 1.54) is 0 Å². The molecule has 0 aliphatic heterocycles. The highest BCUT2D eigenvalue weighted by atomic mass is 16.3. The number of para-hydroxylation sites is 2. The molecular weight excluding hydrogens is 240 g/mol. The van der Waals surface area contributed by atoms with Crippen LogP contribution in [0.15, 0.2) is 42.5 Å². The minimum absolute atomic E-state index is 0.196. The number of fused-ring (bicyclic) bond motifs is 2. The lowest BCUT2D eigenvalue weighted by Gasteiger charge is -1.95. The Morgan fingerprint density at radius 2 is 1.79 bits per heavy atom. The molecule has 5 nitrogen and oxygen atoms in total. The summed E-state index contributed by atoms with van der Waals surface area (Å²) in [5.74, 6) is 0.843. The normalized spacial score (nSPS) is 11.4. The average Bonchev–Trinajstić information content (AvgIpc) is 3.02. The van der Waals surface area contributed by atoms with Gasteiger partial charge in [-0.2, -0.15) is 5.10 Å². The first-order chi connectivity index (χ1) is 9.33. The topological polar surface area (TPSA) is 77.6 Å². The van der Waals surface area contributed by atoms with Crippen LogP contribution in [-0.2, 0) is 0 Å². The summed E-state index contributed by atoms with van der Waals surface area (Å²) in [5.41, 5.74) is 3.24. The Labute approximate surface area is 107 Å². The number of nitrogens with one attached hydrogen (secondary N) is 2. The first-order valence-corrected chi connectivity index (χ1v) is 5.94. The highest BCUT2D eigenvalue weighted by Crippen LogP contribution is 2.32. The molecule has 0 saturated carbocycles. The Kier molecular flexibility index (Phi) is 1.91. The third kappa shape index (κ3) is 1.41. The van der Waals surface area contributed by atoms with Gasteiger partial charge in [-0.1, -0.05) is 18.2 Å².